The number of para-hydroxylation sites is 1. The van der Waals surface area contributed by atoms with Crippen LogP contribution in [0.25, 0.3) is 11.1 Å². The molecule has 1 aliphatic carbocycles. The SMILES string of the molecule is COc1ccc(CC2C=C(c3ncc(OC)c(Nc4ccnc(F)c4)n3)C=C3C2=Nc2ccccc23)cc1. The zero-order valence-corrected chi connectivity index (χ0v) is 20.9. The third kappa shape index (κ3) is 4.52. The van der Waals surface area contributed by atoms with E-state index in [9.17, 15) is 4.39 Å². The molecule has 188 valence electrons. The first-order valence-corrected chi connectivity index (χ1v) is 12.2. The summed E-state index contributed by atoms with van der Waals surface area (Å²) in [6, 6.07) is 19.2. The van der Waals surface area contributed by atoms with Crippen LogP contribution in [-0.4, -0.2) is 34.9 Å². The molecule has 0 radical (unpaired) electrons. The Labute approximate surface area is 219 Å². The van der Waals surface area contributed by atoms with Gasteiger partial charge in [-0.3, -0.25) is 4.99 Å². The molecule has 7 nitrogen and oxygen atoms in total. The molecule has 0 spiro atoms. The van der Waals surface area contributed by atoms with Gasteiger partial charge < -0.3 is 14.8 Å². The fourth-order valence-corrected chi connectivity index (χ4v) is 4.74. The summed E-state index contributed by atoms with van der Waals surface area (Å²) < 4.78 is 24.5. The van der Waals surface area contributed by atoms with E-state index in [2.05, 4.69) is 45.6 Å². The van der Waals surface area contributed by atoms with Gasteiger partial charge in [-0.2, -0.15) is 4.39 Å². The van der Waals surface area contributed by atoms with E-state index in [1.807, 2.05) is 30.3 Å². The number of anilines is 2. The third-order valence-electron chi connectivity index (χ3n) is 6.58. The molecule has 0 fully saturated rings. The Bertz CT molecular complexity index is 1610. The van der Waals surface area contributed by atoms with E-state index >= 15 is 0 Å². The van der Waals surface area contributed by atoms with Crippen LogP contribution in [0.2, 0.25) is 0 Å². The molecule has 0 saturated heterocycles. The van der Waals surface area contributed by atoms with Gasteiger partial charge in [0.2, 0.25) is 5.95 Å². The fraction of sp³-hybridized carbons (Fsp3) is 0.133. The first-order valence-electron chi connectivity index (χ1n) is 12.2. The molecule has 0 amide bonds. The summed E-state index contributed by atoms with van der Waals surface area (Å²) in [5.41, 5.74) is 6.71. The van der Waals surface area contributed by atoms with Crippen LogP contribution in [0.3, 0.4) is 0 Å². The van der Waals surface area contributed by atoms with Crippen molar-refractivity contribution in [2.24, 2.45) is 10.9 Å². The van der Waals surface area contributed by atoms with Gasteiger partial charge in [-0.25, -0.2) is 15.0 Å². The quantitative estimate of drug-likeness (QED) is 0.301. The standard InChI is InChI=1S/C30H24FN5O2/c1-37-22-9-7-18(8-10-22)13-19-14-20(15-24-23-5-3-4-6-25(23)35-28(19)24)29-33-17-26(38-2)30(36-29)34-21-11-12-32-27(31)16-21/h3-12,14-17,19H,13H2,1-2H3,(H,32,33,34,36). The van der Waals surface area contributed by atoms with Gasteiger partial charge in [0.05, 0.1) is 31.8 Å². The van der Waals surface area contributed by atoms with Crippen LogP contribution >= 0.6 is 0 Å². The Morgan fingerprint density at radius 1 is 0.974 bits per heavy atom. The number of ether oxygens (including phenoxy) is 2. The lowest BCUT2D eigenvalue weighted by molar-refractivity contribution is 0.413. The summed E-state index contributed by atoms with van der Waals surface area (Å²) in [5, 5.41) is 3.13. The third-order valence-corrected chi connectivity index (χ3v) is 6.58. The number of hydrogen-bond acceptors (Lipinski definition) is 7. The molecule has 1 unspecified atom stereocenters. The van der Waals surface area contributed by atoms with Gasteiger partial charge >= 0.3 is 0 Å². The second-order valence-corrected chi connectivity index (χ2v) is 8.96. The Hall–Kier alpha value is -4.85. The number of nitrogens with zero attached hydrogens (tertiary/aromatic N) is 4. The van der Waals surface area contributed by atoms with Gasteiger partial charge in [0.1, 0.15) is 5.75 Å². The van der Waals surface area contributed by atoms with Gasteiger partial charge in [0, 0.05) is 40.6 Å². The molecule has 38 heavy (non-hydrogen) atoms. The van der Waals surface area contributed by atoms with Crippen LogP contribution < -0.4 is 14.8 Å². The first-order chi connectivity index (χ1) is 18.6. The highest BCUT2D eigenvalue weighted by atomic mass is 19.1. The number of halogens is 1. The van der Waals surface area contributed by atoms with Crippen molar-refractivity contribution in [3.8, 4) is 11.5 Å². The predicted octanol–water partition coefficient (Wildman–Crippen LogP) is 6.20. The number of allylic oxidation sites excluding steroid dienone is 4. The van der Waals surface area contributed by atoms with Gasteiger partial charge in [-0.1, -0.05) is 36.4 Å². The maximum Gasteiger partial charge on any atom is 0.214 e. The average molecular weight is 506 g/mol. The highest BCUT2D eigenvalue weighted by Crippen LogP contribution is 2.42. The van der Waals surface area contributed by atoms with Crippen molar-refractivity contribution in [1.82, 2.24) is 15.0 Å². The Morgan fingerprint density at radius 2 is 1.82 bits per heavy atom. The summed E-state index contributed by atoms with van der Waals surface area (Å²) in [6.45, 7) is 0. The maximum absolute atomic E-state index is 13.7. The number of hydrogen-bond donors (Lipinski definition) is 1. The van der Waals surface area contributed by atoms with E-state index in [4.69, 9.17) is 19.5 Å². The molecule has 3 heterocycles. The number of rotatable bonds is 7. The van der Waals surface area contributed by atoms with Crippen LogP contribution in [0.15, 0.2) is 90.2 Å². The normalized spacial score (nSPS) is 15.6. The van der Waals surface area contributed by atoms with Crippen molar-refractivity contribution >= 4 is 34.1 Å². The van der Waals surface area contributed by atoms with E-state index in [-0.39, 0.29) is 5.92 Å². The number of nitrogens with one attached hydrogen (secondary N) is 1. The second-order valence-electron chi connectivity index (χ2n) is 8.96. The Balaban J connectivity index is 1.40. The zero-order valence-electron chi connectivity index (χ0n) is 20.9. The molecular formula is C30H24FN5O2. The smallest absolute Gasteiger partial charge is 0.214 e. The number of benzene rings is 2. The van der Waals surface area contributed by atoms with Crippen molar-refractivity contribution < 1.29 is 13.9 Å². The van der Waals surface area contributed by atoms with Gasteiger partial charge in [0.25, 0.3) is 0 Å². The number of fused-ring (bicyclic) bond motifs is 3. The van der Waals surface area contributed by atoms with Crippen molar-refractivity contribution in [2.75, 3.05) is 19.5 Å². The van der Waals surface area contributed by atoms with Crippen molar-refractivity contribution in [1.29, 1.82) is 0 Å². The minimum Gasteiger partial charge on any atom is -0.497 e. The summed E-state index contributed by atoms with van der Waals surface area (Å²) in [5.74, 6) is 1.65. The number of pyridine rings is 1. The topological polar surface area (TPSA) is 81.5 Å². The lowest BCUT2D eigenvalue weighted by atomic mass is 9.82. The molecule has 2 aliphatic rings. The highest BCUT2D eigenvalue weighted by Gasteiger charge is 2.31. The molecule has 8 heteroatoms. The van der Waals surface area contributed by atoms with E-state index in [0.29, 0.717) is 23.1 Å². The van der Waals surface area contributed by atoms with Crippen molar-refractivity contribution in [3.63, 3.8) is 0 Å². The zero-order chi connectivity index (χ0) is 26.1. The number of aromatic nitrogens is 3. The van der Waals surface area contributed by atoms with Crippen LogP contribution in [-0.2, 0) is 6.42 Å². The molecule has 1 atom stereocenters. The molecule has 2 aromatic heterocycles. The summed E-state index contributed by atoms with van der Waals surface area (Å²) in [7, 11) is 3.21. The fourth-order valence-electron chi connectivity index (χ4n) is 4.74. The molecule has 1 N–H and O–H groups in total. The summed E-state index contributed by atoms with van der Waals surface area (Å²) in [4.78, 5) is 18.0. The minimum atomic E-state index is -0.587. The van der Waals surface area contributed by atoms with Crippen molar-refractivity contribution in [3.05, 3.63) is 108 Å². The van der Waals surface area contributed by atoms with Crippen LogP contribution in [0.5, 0.6) is 11.5 Å². The average Bonchev–Trinajstić information content (AvgIpc) is 3.32. The maximum atomic E-state index is 13.7. The lowest BCUT2D eigenvalue weighted by Gasteiger charge is -2.22. The lowest BCUT2D eigenvalue weighted by Crippen LogP contribution is -2.19. The van der Waals surface area contributed by atoms with Crippen molar-refractivity contribution in [2.45, 2.75) is 6.42 Å². The van der Waals surface area contributed by atoms with Gasteiger partial charge in [-0.05, 0) is 42.3 Å². The van der Waals surface area contributed by atoms with Crippen LogP contribution in [0.1, 0.15) is 17.0 Å². The molecule has 0 bridgehead atoms. The molecule has 2 aromatic carbocycles. The van der Waals surface area contributed by atoms with Crippen LogP contribution in [0, 0.1) is 11.9 Å². The Kier molecular flexibility index (Phi) is 6.13. The highest BCUT2D eigenvalue weighted by molar-refractivity contribution is 6.33. The number of methoxy groups -OCH3 is 2. The summed E-state index contributed by atoms with van der Waals surface area (Å²) in [6.07, 6.45) is 8.02. The molecule has 6 rings (SSSR count). The largest absolute Gasteiger partial charge is 0.497 e. The molecule has 0 saturated carbocycles. The predicted molar refractivity (Wildman–Crippen MR) is 146 cm³/mol. The molecular weight excluding hydrogens is 481 g/mol. The van der Waals surface area contributed by atoms with Gasteiger partial charge in [-0.15, -0.1) is 0 Å². The minimum absolute atomic E-state index is 0.0159. The molecule has 1 aliphatic heterocycles. The van der Waals surface area contributed by atoms with E-state index in [1.165, 1.54) is 17.8 Å². The monoisotopic (exact) mass is 505 g/mol. The summed E-state index contributed by atoms with van der Waals surface area (Å²) >= 11 is 0. The second kappa shape index (κ2) is 9.89. The first kappa shape index (κ1) is 23.5. The molecule has 4 aromatic rings. The van der Waals surface area contributed by atoms with Crippen LogP contribution in [0.4, 0.5) is 21.6 Å². The van der Waals surface area contributed by atoms with E-state index in [1.54, 1.807) is 26.5 Å². The van der Waals surface area contributed by atoms with E-state index in [0.717, 1.165) is 40.3 Å². The van der Waals surface area contributed by atoms with Gasteiger partial charge in [0.15, 0.2) is 17.4 Å². The van der Waals surface area contributed by atoms with E-state index < -0.39 is 5.95 Å². The number of aliphatic imine (C=N–C) groups is 1. The Morgan fingerprint density at radius 3 is 2.61 bits per heavy atom.